The number of amides is 1. The maximum absolute atomic E-state index is 12.8. The van der Waals surface area contributed by atoms with Crippen LogP contribution in [0, 0.1) is 0 Å². The number of fused-ring (bicyclic) bond motifs is 1. The molecule has 0 bridgehead atoms. The number of benzene rings is 1. The monoisotopic (exact) mass is 352 g/mol. The van der Waals surface area contributed by atoms with Crippen molar-refractivity contribution in [3.05, 3.63) is 65.5 Å². The van der Waals surface area contributed by atoms with E-state index in [1.165, 1.54) is 5.56 Å². The van der Waals surface area contributed by atoms with Gasteiger partial charge in [-0.15, -0.1) is 0 Å². The number of rotatable bonds is 4. The number of ether oxygens (including phenoxy) is 1. The van der Waals surface area contributed by atoms with E-state index in [9.17, 15) is 4.79 Å². The van der Waals surface area contributed by atoms with E-state index in [-0.39, 0.29) is 12.1 Å². The number of nitrogens with zero attached hydrogens (tertiary/aromatic N) is 2. The Kier molecular flexibility index (Phi) is 5.60. The molecular formula is C22H28N2O2. The summed E-state index contributed by atoms with van der Waals surface area (Å²) in [6.07, 6.45) is 5.42. The first kappa shape index (κ1) is 18.4. The molecule has 2 heterocycles. The summed E-state index contributed by atoms with van der Waals surface area (Å²) in [6, 6.07) is 14.6. The fourth-order valence-electron chi connectivity index (χ4n) is 3.42. The molecule has 1 aliphatic rings. The van der Waals surface area contributed by atoms with Crippen molar-refractivity contribution in [1.82, 2.24) is 9.88 Å². The maximum Gasteiger partial charge on any atom is 0.410 e. The minimum atomic E-state index is -0.485. The van der Waals surface area contributed by atoms with Crippen LogP contribution >= 0.6 is 0 Å². The molecule has 0 aliphatic carbocycles. The van der Waals surface area contributed by atoms with Gasteiger partial charge in [-0.25, -0.2) is 4.79 Å². The van der Waals surface area contributed by atoms with E-state index in [2.05, 4.69) is 35.3 Å². The van der Waals surface area contributed by atoms with E-state index >= 15 is 0 Å². The van der Waals surface area contributed by atoms with Crippen molar-refractivity contribution in [3.63, 3.8) is 0 Å². The predicted octanol–water partition coefficient (Wildman–Crippen LogP) is 4.77. The largest absolute Gasteiger partial charge is 0.444 e. The summed E-state index contributed by atoms with van der Waals surface area (Å²) in [7, 11) is 0. The minimum absolute atomic E-state index is 0.135. The van der Waals surface area contributed by atoms with Crippen LogP contribution in [0.2, 0.25) is 0 Å². The summed E-state index contributed by atoms with van der Waals surface area (Å²) < 4.78 is 5.65. The van der Waals surface area contributed by atoms with Crippen molar-refractivity contribution in [2.24, 2.45) is 0 Å². The Hall–Kier alpha value is -2.36. The fraction of sp³-hybridized carbons (Fsp3) is 0.455. The number of hydrogen-bond acceptors (Lipinski definition) is 3. The molecule has 1 aromatic carbocycles. The molecule has 26 heavy (non-hydrogen) atoms. The van der Waals surface area contributed by atoms with Crippen LogP contribution in [0.4, 0.5) is 4.79 Å². The number of aryl methyl sites for hydroxylation is 1. The van der Waals surface area contributed by atoms with Crippen molar-refractivity contribution < 1.29 is 9.53 Å². The summed E-state index contributed by atoms with van der Waals surface area (Å²) >= 11 is 0. The van der Waals surface area contributed by atoms with Crippen molar-refractivity contribution >= 4 is 6.09 Å². The van der Waals surface area contributed by atoms with E-state index in [1.54, 1.807) is 0 Å². The predicted molar refractivity (Wildman–Crippen MR) is 103 cm³/mol. The third kappa shape index (κ3) is 4.84. The first-order valence-corrected chi connectivity index (χ1v) is 9.39. The van der Waals surface area contributed by atoms with Gasteiger partial charge in [0.05, 0.1) is 6.54 Å². The molecule has 0 N–H and O–H groups in total. The molecule has 1 amide bonds. The quantitative estimate of drug-likeness (QED) is 0.796. The Balaban J connectivity index is 1.70. The smallest absolute Gasteiger partial charge is 0.410 e. The third-order valence-corrected chi connectivity index (χ3v) is 4.67. The summed E-state index contributed by atoms with van der Waals surface area (Å²) in [6.45, 7) is 6.31. The number of hydrogen-bond donors (Lipinski definition) is 0. The van der Waals surface area contributed by atoms with Gasteiger partial charge in [-0.1, -0.05) is 36.4 Å². The second-order valence-corrected chi connectivity index (χ2v) is 7.95. The zero-order valence-corrected chi connectivity index (χ0v) is 15.9. The molecule has 0 spiro atoms. The van der Waals surface area contributed by atoms with Crippen molar-refractivity contribution in [3.8, 4) is 0 Å². The van der Waals surface area contributed by atoms with E-state index in [4.69, 9.17) is 4.74 Å². The Morgan fingerprint density at radius 2 is 1.96 bits per heavy atom. The zero-order chi connectivity index (χ0) is 18.6. The number of carbonyl (C=O) groups excluding carboxylic acids is 1. The van der Waals surface area contributed by atoms with Crippen LogP contribution in [-0.4, -0.2) is 27.6 Å². The first-order valence-electron chi connectivity index (χ1n) is 9.39. The summed E-state index contributed by atoms with van der Waals surface area (Å²) in [4.78, 5) is 19.2. The van der Waals surface area contributed by atoms with Gasteiger partial charge >= 0.3 is 6.09 Å². The third-order valence-electron chi connectivity index (χ3n) is 4.67. The molecule has 1 aromatic heterocycles. The molecule has 1 atom stereocenters. The fourth-order valence-corrected chi connectivity index (χ4v) is 3.42. The van der Waals surface area contributed by atoms with Gasteiger partial charge in [0.2, 0.25) is 0 Å². The Bertz CT molecular complexity index is 737. The van der Waals surface area contributed by atoms with Crippen LogP contribution in [0.3, 0.4) is 0 Å². The van der Waals surface area contributed by atoms with Crippen molar-refractivity contribution in [2.75, 3.05) is 0 Å². The van der Waals surface area contributed by atoms with Gasteiger partial charge in [0, 0.05) is 24.4 Å². The summed E-state index contributed by atoms with van der Waals surface area (Å²) in [5.74, 6) is 0. The normalized spacial score (nSPS) is 16.9. The minimum Gasteiger partial charge on any atom is -0.444 e. The first-order chi connectivity index (χ1) is 12.4. The van der Waals surface area contributed by atoms with Crippen LogP contribution in [-0.2, 0) is 24.1 Å². The average molecular weight is 352 g/mol. The Morgan fingerprint density at radius 1 is 1.19 bits per heavy atom. The Morgan fingerprint density at radius 3 is 2.69 bits per heavy atom. The van der Waals surface area contributed by atoms with Gasteiger partial charge in [0.15, 0.2) is 0 Å². The van der Waals surface area contributed by atoms with Gasteiger partial charge in [0.25, 0.3) is 0 Å². The molecule has 3 rings (SSSR count). The SMILES string of the molecule is CC(C)(C)OC(=O)N1Cc2cccnc2CC1CCCc1ccccc1. The molecule has 0 radical (unpaired) electrons. The molecule has 0 fully saturated rings. The highest BCUT2D eigenvalue weighted by Crippen LogP contribution is 2.26. The van der Waals surface area contributed by atoms with Gasteiger partial charge in [-0.05, 0) is 57.2 Å². The van der Waals surface area contributed by atoms with Crippen LogP contribution in [0.5, 0.6) is 0 Å². The molecule has 1 aliphatic heterocycles. The molecular weight excluding hydrogens is 324 g/mol. The molecule has 0 saturated carbocycles. The van der Waals surface area contributed by atoms with Crippen LogP contribution in [0.25, 0.3) is 0 Å². The highest BCUT2D eigenvalue weighted by molar-refractivity contribution is 5.69. The molecule has 0 saturated heterocycles. The second-order valence-electron chi connectivity index (χ2n) is 7.95. The van der Waals surface area contributed by atoms with E-state index in [1.807, 2.05) is 44.0 Å². The number of pyridine rings is 1. The maximum atomic E-state index is 12.8. The lowest BCUT2D eigenvalue weighted by Gasteiger charge is -2.37. The van der Waals surface area contributed by atoms with E-state index in [0.29, 0.717) is 6.54 Å². The molecule has 2 aromatic rings. The lowest BCUT2D eigenvalue weighted by molar-refractivity contribution is 0.0106. The van der Waals surface area contributed by atoms with Crippen molar-refractivity contribution in [1.29, 1.82) is 0 Å². The summed E-state index contributed by atoms with van der Waals surface area (Å²) in [5, 5.41) is 0. The zero-order valence-electron chi connectivity index (χ0n) is 15.9. The van der Waals surface area contributed by atoms with Gasteiger partial charge in [-0.3, -0.25) is 4.98 Å². The number of carbonyl (C=O) groups is 1. The van der Waals surface area contributed by atoms with Gasteiger partial charge in [0.1, 0.15) is 5.60 Å². The van der Waals surface area contributed by atoms with Gasteiger partial charge < -0.3 is 9.64 Å². The average Bonchev–Trinajstić information content (AvgIpc) is 2.60. The summed E-state index contributed by atoms with van der Waals surface area (Å²) in [5.41, 5.74) is 3.08. The standard InChI is InChI=1S/C22H28N2O2/c1-22(2,3)26-21(25)24-16-18-12-8-14-23-20(18)15-19(24)13-7-11-17-9-5-4-6-10-17/h4-6,8-10,12,14,19H,7,11,13,15-16H2,1-3H3. The highest BCUT2D eigenvalue weighted by Gasteiger charge is 2.32. The molecule has 4 heteroatoms. The lowest BCUT2D eigenvalue weighted by Crippen LogP contribution is -2.46. The van der Waals surface area contributed by atoms with E-state index < -0.39 is 5.60 Å². The van der Waals surface area contributed by atoms with Crippen LogP contribution in [0.15, 0.2) is 48.7 Å². The van der Waals surface area contributed by atoms with E-state index in [0.717, 1.165) is 36.9 Å². The number of aromatic nitrogens is 1. The van der Waals surface area contributed by atoms with Gasteiger partial charge in [-0.2, -0.15) is 0 Å². The van der Waals surface area contributed by atoms with Crippen LogP contribution < -0.4 is 0 Å². The van der Waals surface area contributed by atoms with Crippen molar-refractivity contribution in [2.45, 2.75) is 64.6 Å². The molecule has 4 nitrogen and oxygen atoms in total. The topological polar surface area (TPSA) is 42.4 Å². The Labute approximate surface area is 156 Å². The second kappa shape index (κ2) is 7.90. The van der Waals surface area contributed by atoms with Crippen LogP contribution in [0.1, 0.15) is 50.4 Å². The molecule has 1 unspecified atom stereocenters. The molecule has 138 valence electrons. The lowest BCUT2D eigenvalue weighted by atomic mass is 9.94. The highest BCUT2D eigenvalue weighted by atomic mass is 16.6.